The van der Waals surface area contributed by atoms with E-state index in [0.717, 1.165) is 11.0 Å². The topological polar surface area (TPSA) is 88.0 Å². The summed E-state index contributed by atoms with van der Waals surface area (Å²) in [6.07, 6.45) is 1.43. The summed E-state index contributed by atoms with van der Waals surface area (Å²) in [4.78, 5) is 21.0. The van der Waals surface area contributed by atoms with Gasteiger partial charge in [-0.15, -0.1) is 5.10 Å². The summed E-state index contributed by atoms with van der Waals surface area (Å²) in [5.41, 5.74) is 1.78. The molecule has 3 aromatic heterocycles. The van der Waals surface area contributed by atoms with Crippen LogP contribution in [-0.2, 0) is 4.79 Å². The molecule has 0 aliphatic carbocycles. The van der Waals surface area contributed by atoms with Crippen molar-refractivity contribution in [3.05, 3.63) is 46.6 Å². The second kappa shape index (κ2) is 6.79. The van der Waals surface area contributed by atoms with Gasteiger partial charge in [0.05, 0.1) is 26.3 Å². The fourth-order valence-electron chi connectivity index (χ4n) is 2.46. The van der Waals surface area contributed by atoms with E-state index in [4.69, 9.17) is 23.2 Å². The van der Waals surface area contributed by atoms with Crippen molar-refractivity contribution in [1.29, 1.82) is 0 Å². The summed E-state index contributed by atoms with van der Waals surface area (Å²) in [5, 5.41) is 10.8. The van der Waals surface area contributed by atoms with Crippen LogP contribution in [0.2, 0.25) is 10.0 Å². The number of para-hydroxylation sites is 2. The third kappa shape index (κ3) is 3.11. The van der Waals surface area contributed by atoms with E-state index in [-0.39, 0.29) is 16.7 Å². The molecule has 0 saturated heterocycles. The molecule has 0 saturated carbocycles. The smallest absolute Gasteiger partial charge is 0.238 e. The predicted octanol–water partition coefficient (Wildman–Crippen LogP) is 4.03. The lowest BCUT2D eigenvalue weighted by Crippen LogP contribution is -2.23. The van der Waals surface area contributed by atoms with Crippen molar-refractivity contribution in [3.8, 4) is 0 Å². The van der Waals surface area contributed by atoms with E-state index in [9.17, 15) is 4.79 Å². The molecule has 1 aromatic carbocycles. The van der Waals surface area contributed by atoms with Crippen LogP contribution in [0, 0.1) is 0 Å². The molecule has 0 spiro atoms. The molecule has 1 atom stereocenters. The van der Waals surface area contributed by atoms with E-state index < -0.39 is 5.25 Å². The molecule has 0 unspecified atom stereocenters. The van der Waals surface area contributed by atoms with Crippen molar-refractivity contribution in [2.45, 2.75) is 17.3 Å². The van der Waals surface area contributed by atoms with Gasteiger partial charge in [-0.1, -0.05) is 47.1 Å². The number of rotatable bonds is 4. The van der Waals surface area contributed by atoms with Crippen LogP contribution >= 0.6 is 35.0 Å². The zero-order valence-corrected chi connectivity index (χ0v) is 15.7. The SMILES string of the molecule is C[C@H](Sc1n[nH]c2nc3ccccc3n12)C(=O)Nc1ncc(Cl)cc1Cl. The first-order valence-electron chi connectivity index (χ1n) is 7.63. The van der Waals surface area contributed by atoms with Crippen molar-refractivity contribution in [2.75, 3.05) is 5.32 Å². The Labute approximate surface area is 162 Å². The van der Waals surface area contributed by atoms with Gasteiger partial charge in [0.1, 0.15) is 0 Å². The standard InChI is InChI=1S/C16H12Cl2N6OS/c1-8(14(25)21-13-10(18)6-9(17)7-19-13)26-16-23-22-15-20-11-4-2-3-5-12(11)24(15)16/h2-8H,1H3,(H,20,22)(H,19,21,25)/t8-/m0/s1. The summed E-state index contributed by atoms with van der Waals surface area (Å²) in [6, 6.07) is 9.26. The van der Waals surface area contributed by atoms with Gasteiger partial charge < -0.3 is 5.32 Å². The molecule has 1 amide bonds. The molecule has 132 valence electrons. The van der Waals surface area contributed by atoms with Crippen molar-refractivity contribution in [2.24, 2.45) is 0 Å². The number of anilines is 1. The highest BCUT2D eigenvalue weighted by molar-refractivity contribution is 8.00. The Morgan fingerprint density at radius 3 is 2.96 bits per heavy atom. The number of nitrogens with one attached hydrogen (secondary N) is 2. The molecule has 7 nitrogen and oxygen atoms in total. The van der Waals surface area contributed by atoms with Gasteiger partial charge in [0.25, 0.3) is 0 Å². The Morgan fingerprint density at radius 2 is 2.15 bits per heavy atom. The van der Waals surface area contributed by atoms with Crippen molar-refractivity contribution in [1.82, 2.24) is 24.6 Å². The van der Waals surface area contributed by atoms with Crippen LogP contribution < -0.4 is 5.32 Å². The zero-order chi connectivity index (χ0) is 18.3. The first-order chi connectivity index (χ1) is 12.5. The number of benzene rings is 1. The summed E-state index contributed by atoms with van der Waals surface area (Å²) >= 11 is 13.2. The zero-order valence-electron chi connectivity index (χ0n) is 13.4. The summed E-state index contributed by atoms with van der Waals surface area (Å²) in [6.45, 7) is 1.78. The van der Waals surface area contributed by atoms with Crippen molar-refractivity contribution in [3.63, 3.8) is 0 Å². The molecular formula is C16H12Cl2N6OS. The van der Waals surface area contributed by atoms with Crippen LogP contribution in [-0.4, -0.2) is 35.7 Å². The quantitative estimate of drug-likeness (QED) is 0.499. The fourth-order valence-corrected chi connectivity index (χ4v) is 3.76. The Hall–Kier alpha value is -2.29. The van der Waals surface area contributed by atoms with Crippen molar-refractivity contribution < 1.29 is 4.79 Å². The van der Waals surface area contributed by atoms with Gasteiger partial charge in [-0.3, -0.25) is 9.20 Å². The first kappa shape index (κ1) is 17.1. The van der Waals surface area contributed by atoms with Gasteiger partial charge in [0.15, 0.2) is 11.0 Å². The molecule has 4 rings (SSSR count). The average Bonchev–Trinajstić information content (AvgIpc) is 3.17. The number of fused-ring (bicyclic) bond motifs is 3. The van der Waals surface area contributed by atoms with Crippen LogP contribution in [0.3, 0.4) is 0 Å². The Bertz CT molecular complexity index is 1120. The molecule has 0 aliphatic rings. The lowest BCUT2D eigenvalue weighted by atomic mass is 10.3. The summed E-state index contributed by atoms with van der Waals surface area (Å²) in [7, 11) is 0. The predicted molar refractivity (Wildman–Crippen MR) is 103 cm³/mol. The second-order valence-electron chi connectivity index (χ2n) is 5.50. The van der Waals surface area contributed by atoms with Crippen LogP contribution in [0.25, 0.3) is 16.8 Å². The van der Waals surface area contributed by atoms with E-state index in [1.54, 1.807) is 6.92 Å². The third-order valence-electron chi connectivity index (χ3n) is 3.70. The van der Waals surface area contributed by atoms with E-state index in [2.05, 4.69) is 25.5 Å². The van der Waals surface area contributed by atoms with Gasteiger partial charge in [0.2, 0.25) is 11.7 Å². The summed E-state index contributed by atoms with van der Waals surface area (Å²) in [5.74, 6) is 0.657. The molecule has 2 N–H and O–H groups in total. The summed E-state index contributed by atoms with van der Waals surface area (Å²) < 4.78 is 1.89. The van der Waals surface area contributed by atoms with Gasteiger partial charge in [-0.2, -0.15) is 0 Å². The highest BCUT2D eigenvalue weighted by Crippen LogP contribution is 2.28. The molecule has 4 aromatic rings. The number of aromatic amines is 1. The number of nitrogens with zero attached hydrogens (tertiary/aromatic N) is 4. The van der Waals surface area contributed by atoms with Crippen LogP contribution in [0.15, 0.2) is 41.7 Å². The monoisotopic (exact) mass is 406 g/mol. The number of thioether (sulfide) groups is 1. The largest absolute Gasteiger partial charge is 0.308 e. The van der Waals surface area contributed by atoms with E-state index in [0.29, 0.717) is 16.0 Å². The molecule has 0 radical (unpaired) electrons. The second-order valence-corrected chi connectivity index (χ2v) is 7.65. The van der Waals surface area contributed by atoms with Crippen molar-refractivity contribution >= 4 is 63.5 Å². The highest BCUT2D eigenvalue weighted by Gasteiger charge is 2.20. The minimum atomic E-state index is -0.434. The molecule has 3 heterocycles. The number of amides is 1. The van der Waals surface area contributed by atoms with Gasteiger partial charge in [-0.05, 0) is 25.1 Å². The Morgan fingerprint density at radius 1 is 1.35 bits per heavy atom. The van der Waals surface area contributed by atoms with Crippen LogP contribution in [0.4, 0.5) is 5.82 Å². The third-order valence-corrected chi connectivity index (χ3v) is 5.25. The number of halogens is 2. The molecule has 0 fully saturated rings. The van der Waals surface area contributed by atoms with Gasteiger partial charge in [0, 0.05) is 6.20 Å². The van der Waals surface area contributed by atoms with E-state index in [1.807, 2.05) is 28.7 Å². The van der Waals surface area contributed by atoms with Crippen LogP contribution in [0.1, 0.15) is 6.92 Å². The maximum absolute atomic E-state index is 12.5. The first-order valence-corrected chi connectivity index (χ1v) is 9.26. The minimum absolute atomic E-state index is 0.243. The molecule has 0 bridgehead atoms. The number of hydrogen-bond acceptors (Lipinski definition) is 5. The maximum Gasteiger partial charge on any atom is 0.238 e. The number of pyridine rings is 1. The molecule has 0 aliphatic heterocycles. The number of H-pyrrole nitrogens is 1. The molecular weight excluding hydrogens is 395 g/mol. The number of aromatic nitrogens is 5. The number of carbonyl (C=O) groups is 1. The lowest BCUT2D eigenvalue weighted by molar-refractivity contribution is -0.115. The Kier molecular flexibility index (Phi) is 4.47. The fraction of sp³-hybridized carbons (Fsp3) is 0.125. The van der Waals surface area contributed by atoms with Gasteiger partial charge >= 0.3 is 0 Å². The normalized spacial score (nSPS) is 12.6. The lowest BCUT2D eigenvalue weighted by Gasteiger charge is -2.11. The average molecular weight is 407 g/mol. The Balaban J connectivity index is 1.57. The number of imidazole rings is 1. The molecule has 10 heteroatoms. The molecule has 26 heavy (non-hydrogen) atoms. The number of carbonyl (C=O) groups excluding carboxylic acids is 1. The van der Waals surface area contributed by atoms with Crippen LogP contribution in [0.5, 0.6) is 0 Å². The van der Waals surface area contributed by atoms with Gasteiger partial charge in [-0.25, -0.2) is 15.1 Å². The van der Waals surface area contributed by atoms with E-state index >= 15 is 0 Å². The van der Waals surface area contributed by atoms with E-state index in [1.165, 1.54) is 24.0 Å². The minimum Gasteiger partial charge on any atom is -0.308 e. The highest BCUT2D eigenvalue weighted by atomic mass is 35.5. The maximum atomic E-state index is 12.5. The number of hydrogen-bond donors (Lipinski definition) is 2.